The van der Waals surface area contributed by atoms with Crippen LogP contribution >= 0.6 is 0 Å². The number of halogens is 1. The molecular weight excluding hydrogens is 385 g/mol. The van der Waals surface area contributed by atoms with Gasteiger partial charge in [-0.25, -0.2) is 14.2 Å². The molecule has 0 spiro atoms. The molecule has 5 nitrogen and oxygen atoms in total. The molecule has 0 bridgehead atoms. The summed E-state index contributed by atoms with van der Waals surface area (Å²) in [5.41, 5.74) is 2.20. The van der Waals surface area contributed by atoms with Crippen LogP contribution in [-0.4, -0.2) is 24.1 Å². The lowest BCUT2D eigenvalue weighted by molar-refractivity contribution is -0.146. The average Bonchev–Trinajstić information content (AvgIpc) is 3.57. The van der Waals surface area contributed by atoms with Gasteiger partial charge in [0.15, 0.2) is 12.2 Å². The highest BCUT2D eigenvalue weighted by molar-refractivity contribution is 5.94. The molecule has 6 heteroatoms. The molecule has 0 radical (unpaired) electrons. The normalized spacial score (nSPS) is 18.0. The Kier molecular flexibility index (Phi) is 6.15. The fourth-order valence-corrected chi connectivity index (χ4v) is 2.87. The molecule has 3 aromatic rings. The lowest BCUT2D eigenvalue weighted by atomic mass is 10.2. The molecule has 0 saturated carbocycles. The van der Waals surface area contributed by atoms with Gasteiger partial charge in [-0.05, 0) is 29.3 Å². The highest BCUT2D eigenvalue weighted by Crippen LogP contribution is 2.28. The third kappa shape index (κ3) is 5.30. The van der Waals surface area contributed by atoms with Gasteiger partial charge in [-0.15, -0.1) is 0 Å². The number of ether oxygens (including phenoxy) is 3. The number of nitrogens with zero attached hydrogens (tertiary/aromatic N) is 1. The molecule has 2 atom stereocenters. The van der Waals surface area contributed by atoms with E-state index in [0.29, 0.717) is 5.69 Å². The van der Waals surface area contributed by atoms with Crippen molar-refractivity contribution in [1.29, 1.82) is 0 Å². The number of esters is 1. The van der Waals surface area contributed by atoms with E-state index in [4.69, 9.17) is 14.2 Å². The predicted octanol–water partition coefficient (Wildman–Crippen LogP) is 4.58. The summed E-state index contributed by atoms with van der Waals surface area (Å²) in [5, 5.41) is 0. The second-order valence-corrected chi connectivity index (χ2v) is 6.77. The molecule has 152 valence electrons. The van der Waals surface area contributed by atoms with Gasteiger partial charge in [0.2, 0.25) is 5.90 Å². The Morgan fingerprint density at radius 3 is 2.10 bits per heavy atom. The van der Waals surface area contributed by atoms with Crippen LogP contribution in [0, 0.1) is 5.82 Å². The molecule has 1 aliphatic rings. The van der Waals surface area contributed by atoms with Gasteiger partial charge >= 0.3 is 5.97 Å². The first-order valence-corrected chi connectivity index (χ1v) is 9.56. The molecule has 0 N–H and O–H groups in total. The zero-order valence-electron chi connectivity index (χ0n) is 16.1. The summed E-state index contributed by atoms with van der Waals surface area (Å²) in [6, 6.07) is 24.8. The van der Waals surface area contributed by atoms with Gasteiger partial charge in [-0.2, -0.15) is 0 Å². The summed E-state index contributed by atoms with van der Waals surface area (Å²) in [6.45, 7) is 0.411. The highest BCUT2D eigenvalue weighted by atomic mass is 19.1. The summed E-state index contributed by atoms with van der Waals surface area (Å²) >= 11 is 0. The first-order valence-electron chi connectivity index (χ1n) is 9.56. The van der Waals surface area contributed by atoms with E-state index in [1.807, 2.05) is 60.7 Å². The van der Waals surface area contributed by atoms with Gasteiger partial charge in [-0.3, -0.25) is 0 Å². The molecule has 0 aromatic heterocycles. The predicted molar refractivity (Wildman–Crippen MR) is 110 cm³/mol. The molecule has 1 heterocycles. The molecule has 0 amide bonds. The Morgan fingerprint density at radius 2 is 1.47 bits per heavy atom. The van der Waals surface area contributed by atoms with Gasteiger partial charge in [0, 0.05) is 0 Å². The smallest absolute Gasteiger partial charge is 0.338 e. The first-order chi connectivity index (χ1) is 14.7. The lowest BCUT2D eigenvalue weighted by Crippen LogP contribution is -2.20. The highest BCUT2D eigenvalue weighted by Gasteiger charge is 2.51. The van der Waals surface area contributed by atoms with Gasteiger partial charge in [0.25, 0.3) is 0 Å². The van der Waals surface area contributed by atoms with Gasteiger partial charge in [0.05, 0.1) is 5.69 Å². The third-order valence-electron chi connectivity index (χ3n) is 4.47. The Balaban J connectivity index is 1.43. The average molecular weight is 405 g/mol. The van der Waals surface area contributed by atoms with Gasteiger partial charge in [0.1, 0.15) is 19.0 Å². The van der Waals surface area contributed by atoms with Crippen LogP contribution in [0.1, 0.15) is 11.1 Å². The van der Waals surface area contributed by atoms with E-state index in [1.165, 1.54) is 12.1 Å². The van der Waals surface area contributed by atoms with Crippen molar-refractivity contribution in [3.8, 4) is 0 Å². The van der Waals surface area contributed by atoms with Gasteiger partial charge in [-0.1, -0.05) is 66.7 Å². The van der Waals surface area contributed by atoms with Crippen LogP contribution in [0.4, 0.5) is 10.1 Å². The Morgan fingerprint density at radius 1 is 0.833 bits per heavy atom. The summed E-state index contributed by atoms with van der Waals surface area (Å²) in [7, 11) is 0. The maximum Gasteiger partial charge on any atom is 0.338 e. The van der Waals surface area contributed by atoms with Crippen LogP contribution in [0.2, 0.25) is 0 Å². The minimum atomic E-state index is -0.795. The van der Waals surface area contributed by atoms with Crippen molar-refractivity contribution in [2.45, 2.75) is 25.4 Å². The maximum absolute atomic E-state index is 13.5. The molecule has 1 aliphatic heterocycles. The van der Waals surface area contributed by atoms with Crippen molar-refractivity contribution < 1.29 is 23.4 Å². The van der Waals surface area contributed by atoms with Crippen molar-refractivity contribution in [3.05, 3.63) is 102 Å². The Bertz CT molecular complexity index is 1020. The lowest BCUT2D eigenvalue weighted by Gasteiger charge is -2.08. The minimum absolute atomic E-state index is 0.160. The molecule has 4 rings (SSSR count). The first kappa shape index (κ1) is 19.8. The number of aliphatic imine (C=N–C) groups is 1. The number of hydrogen-bond donors (Lipinski definition) is 0. The molecule has 30 heavy (non-hydrogen) atoms. The van der Waals surface area contributed by atoms with Crippen LogP contribution in [0.25, 0.3) is 0 Å². The van der Waals surface area contributed by atoms with E-state index in [-0.39, 0.29) is 19.1 Å². The molecule has 0 aliphatic carbocycles. The van der Waals surface area contributed by atoms with Crippen molar-refractivity contribution >= 4 is 17.6 Å². The van der Waals surface area contributed by atoms with E-state index in [9.17, 15) is 9.18 Å². The van der Waals surface area contributed by atoms with Crippen molar-refractivity contribution in [3.63, 3.8) is 0 Å². The standard InChI is InChI=1S/C24H20FNO4/c25-19-12-7-13-20(14-19)26-23(28-15-17-8-3-1-4-9-17)21-22(30-21)24(27)29-16-18-10-5-2-6-11-18/h1-14,21-22H,15-16H2. The summed E-state index contributed by atoms with van der Waals surface area (Å²) in [5.74, 6) is -0.681. The molecule has 3 aromatic carbocycles. The second kappa shape index (κ2) is 9.33. The SMILES string of the molecule is O=C(OCc1ccccc1)C1OC1C(=Nc1cccc(F)c1)OCc1ccccc1. The summed E-state index contributed by atoms with van der Waals surface area (Å²) in [4.78, 5) is 16.7. The zero-order valence-corrected chi connectivity index (χ0v) is 16.1. The van der Waals surface area contributed by atoms with Crippen LogP contribution < -0.4 is 0 Å². The molecule has 1 saturated heterocycles. The van der Waals surface area contributed by atoms with E-state index in [2.05, 4.69) is 4.99 Å². The number of carbonyl (C=O) groups excluding carboxylic acids is 1. The van der Waals surface area contributed by atoms with Crippen LogP contribution in [-0.2, 0) is 32.2 Å². The van der Waals surface area contributed by atoms with Crippen LogP contribution in [0.15, 0.2) is 89.9 Å². The number of epoxide rings is 1. The van der Waals surface area contributed by atoms with Crippen LogP contribution in [0.3, 0.4) is 0 Å². The van der Waals surface area contributed by atoms with E-state index >= 15 is 0 Å². The largest absolute Gasteiger partial charge is 0.474 e. The summed E-state index contributed by atoms with van der Waals surface area (Å²) in [6.07, 6.45) is -1.46. The number of carbonyl (C=O) groups is 1. The van der Waals surface area contributed by atoms with Crippen molar-refractivity contribution in [2.75, 3.05) is 0 Å². The Hall–Kier alpha value is -3.51. The monoisotopic (exact) mass is 405 g/mol. The fourth-order valence-electron chi connectivity index (χ4n) is 2.87. The van der Waals surface area contributed by atoms with Crippen LogP contribution in [0.5, 0.6) is 0 Å². The van der Waals surface area contributed by atoms with E-state index in [1.54, 1.807) is 12.1 Å². The number of hydrogen-bond acceptors (Lipinski definition) is 5. The van der Waals surface area contributed by atoms with Crippen molar-refractivity contribution in [2.24, 2.45) is 4.99 Å². The quantitative estimate of drug-likeness (QED) is 0.250. The number of rotatable bonds is 7. The second-order valence-electron chi connectivity index (χ2n) is 6.77. The maximum atomic E-state index is 13.5. The zero-order chi connectivity index (χ0) is 20.8. The fraction of sp³-hybridized carbons (Fsp3) is 0.167. The van der Waals surface area contributed by atoms with Gasteiger partial charge < -0.3 is 14.2 Å². The number of benzene rings is 3. The Labute approximate surface area is 173 Å². The minimum Gasteiger partial charge on any atom is -0.474 e. The molecule has 1 fully saturated rings. The van der Waals surface area contributed by atoms with Crippen molar-refractivity contribution in [1.82, 2.24) is 0 Å². The van der Waals surface area contributed by atoms with E-state index in [0.717, 1.165) is 11.1 Å². The topological polar surface area (TPSA) is 60.4 Å². The van der Waals surface area contributed by atoms with E-state index < -0.39 is 24.0 Å². The molecule has 2 unspecified atom stereocenters. The third-order valence-corrected chi connectivity index (χ3v) is 4.47. The molecular formula is C24H20FNO4. The summed E-state index contributed by atoms with van der Waals surface area (Å²) < 4.78 is 30.2.